The molecule has 1 fully saturated rings. The first kappa shape index (κ1) is 24.6. The van der Waals surface area contributed by atoms with Gasteiger partial charge in [0.05, 0.1) is 11.4 Å². The SMILES string of the molecule is CN(CCCNC(=O)c1ccc(S(=O)(=O)N(C)C2CCCCC2)cc1)CC(F)(F)F. The molecule has 1 aliphatic carbocycles. The summed E-state index contributed by atoms with van der Waals surface area (Å²) in [6.07, 6.45) is 1.02. The smallest absolute Gasteiger partial charge is 0.352 e. The van der Waals surface area contributed by atoms with Crippen LogP contribution in [0.1, 0.15) is 48.9 Å². The van der Waals surface area contributed by atoms with Gasteiger partial charge in [-0.15, -0.1) is 0 Å². The third-order valence-corrected chi connectivity index (χ3v) is 7.26. The van der Waals surface area contributed by atoms with Gasteiger partial charge >= 0.3 is 6.18 Å². The molecule has 0 aliphatic heterocycles. The van der Waals surface area contributed by atoms with Crippen molar-refractivity contribution in [2.24, 2.45) is 0 Å². The van der Waals surface area contributed by atoms with Crippen molar-refractivity contribution in [2.45, 2.75) is 55.6 Å². The van der Waals surface area contributed by atoms with Gasteiger partial charge in [0.25, 0.3) is 5.91 Å². The number of nitrogens with zero attached hydrogens (tertiary/aromatic N) is 2. The summed E-state index contributed by atoms with van der Waals surface area (Å²) in [6.45, 7) is -0.567. The molecule has 1 aliphatic rings. The zero-order chi connectivity index (χ0) is 22.4. The molecular weight excluding hydrogens is 419 g/mol. The van der Waals surface area contributed by atoms with Crippen LogP contribution in [-0.4, -0.2) is 69.5 Å². The monoisotopic (exact) mass is 449 g/mol. The first-order chi connectivity index (χ1) is 14.0. The fourth-order valence-electron chi connectivity index (χ4n) is 3.62. The number of hydrogen-bond acceptors (Lipinski definition) is 4. The Labute approximate surface area is 176 Å². The molecular formula is C20H30F3N3O3S. The van der Waals surface area contributed by atoms with Crippen LogP contribution in [-0.2, 0) is 10.0 Å². The molecule has 0 heterocycles. The normalized spacial score (nSPS) is 16.2. The van der Waals surface area contributed by atoms with Crippen molar-refractivity contribution in [1.29, 1.82) is 0 Å². The number of halogens is 3. The van der Waals surface area contributed by atoms with Crippen LogP contribution in [0.25, 0.3) is 0 Å². The third kappa shape index (κ3) is 7.24. The zero-order valence-corrected chi connectivity index (χ0v) is 18.2. The summed E-state index contributed by atoms with van der Waals surface area (Å²) in [5.74, 6) is -0.391. The van der Waals surface area contributed by atoms with Crippen molar-refractivity contribution in [3.05, 3.63) is 29.8 Å². The van der Waals surface area contributed by atoms with Gasteiger partial charge in [0.2, 0.25) is 10.0 Å². The van der Waals surface area contributed by atoms with Gasteiger partial charge in [-0.2, -0.15) is 17.5 Å². The van der Waals surface area contributed by atoms with Gasteiger partial charge in [-0.25, -0.2) is 8.42 Å². The highest BCUT2D eigenvalue weighted by Crippen LogP contribution is 2.26. The Morgan fingerprint density at radius 3 is 2.27 bits per heavy atom. The molecule has 1 N–H and O–H groups in total. The molecule has 1 amide bonds. The van der Waals surface area contributed by atoms with Gasteiger partial charge in [0.1, 0.15) is 0 Å². The van der Waals surface area contributed by atoms with Crippen LogP contribution in [0.2, 0.25) is 0 Å². The Hall–Kier alpha value is -1.65. The highest BCUT2D eigenvalue weighted by Gasteiger charge is 2.30. The summed E-state index contributed by atoms with van der Waals surface area (Å²) in [5, 5.41) is 2.64. The molecule has 0 spiro atoms. The summed E-state index contributed by atoms with van der Waals surface area (Å²) in [5.41, 5.74) is 0.304. The van der Waals surface area contributed by atoms with Gasteiger partial charge in [-0.05, 0) is 57.1 Å². The zero-order valence-electron chi connectivity index (χ0n) is 17.4. The van der Waals surface area contributed by atoms with Crippen LogP contribution in [0, 0.1) is 0 Å². The van der Waals surface area contributed by atoms with Crippen molar-refractivity contribution in [1.82, 2.24) is 14.5 Å². The number of hydrogen-bond donors (Lipinski definition) is 1. The second-order valence-electron chi connectivity index (χ2n) is 7.80. The van der Waals surface area contributed by atoms with Crippen molar-refractivity contribution in [3.63, 3.8) is 0 Å². The van der Waals surface area contributed by atoms with Crippen molar-refractivity contribution >= 4 is 15.9 Å². The molecule has 10 heteroatoms. The average Bonchev–Trinajstić information content (AvgIpc) is 2.70. The van der Waals surface area contributed by atoms with Gasteiger partial charge in [-0.1, -0.05) is 19.3 Å². The maximum atomic E-state index is 12.8. The average molecular weight is 450 g/mol. The summed E-state index contributed by atoms with van der Waals surface area (Å²) in [4.78, 5) is 13.5. The number of alkyl halides is 3. The van der Waals surface area contributed by atoms with E-state index in [1.54, 1.807) is 7.05 Å². The molecule has 1 aromatic rings. The van der Waals surface area contributed by atoms with E-state index in [2.05, 4.69) is 5.32 Å². The quantitative estimate of drug-likeness (QED) is 0.588. The lowest BCUT2D eigenvalue weighted by Gasteiger charge is -2.30. The number of rotatable bonds is 9. The summed E-state index contributed by atoms with van der Waals surface area (Å²) < 4.78 is 63.9. The Bertz CT molecular complexity index is 792. The number of carbonyl (C=O) groups is 1. The number of nitrogens with one attached hydrogen (secondary N) is 1. The van der Waals surface area contributed by atoms with Crippen LogP contribution in [0.5, 0.6) is 0 Å². The molecule has 6 nitrogen and oxygen atoms in total. The molecule has 0 bridgehead atoms. The lowest BCUT2D eigenvalue weighted by atomic mass is 9.96. The first-order valence-corrected chi connectivity index (χ1v) is 11.6. The van der Waals surface area contributed by atoms with Crippen molar-refractivity contribution < 1.29 is 26.4 Å². The van der Waals surface area contributed by atoms with E-state index in [0.29, 0.717) is 12.0 Å². The Morgan fingerprint density at radius 1 is 1.10 bits per heavy atom. The van der Waals surface area contributed by atoms with E-state index in [1.165, 1.54) is 35.6 Å². The molecule has 0 unspecified atom stereocenters. The van der Waals surface area contributed by atoms with E-state index in [-0.39, 0.29) is 24.0 Å². The van der Waals surface area contributed by atoms with E-state index in [4.69, 9.17) is 0 Å². The fraction of sp³-hybridized carbons (Fsp3) is 0.650. The number of carbonyl (C=O) groups excluding carboxylic acids is 1. The molecule has 2 rings (SSSR count). The van der Waals surface area contributed by atoms with E-state index in [1.807, 2.05) is 0 Å². The lowest BCUT2D eigenvalue weighted by molar-refractivity contribution is -0.143. The number of sulfonamides is 1. The minimum atomic E-state index is -4.24. The number of benzene rings is 1. The van der Waals surface area contributed by atoms with Crippen molar-refractivity contribution in [3.8, 4) is 0 Å². The van der Waals surface area contributed by atoms with Gasteiger partial charge in [0.15, 0.2) is 0 Å². The first-order valence-electron chi connectivity index (χ1n) is 10.1. The maximum absolute atomic E-state index is 12.8. The van der Waals surface area contributed by atoms with E-state index in [9.17, 15) is 26.4 Å². The van der Waals surface area contributed by atoms with Gasteiger partial charge < -0.3 is 5.32 Å². The van der Waals surface area contributed by atoms with E-state index in [0.717, 1.165) is 37.0 Å². The van der Waals surface area contributed by atoms with Gasteiger partial charge in [-0.3, -0.25) is 9.69 Å². The van der Waals surface area contributed by atoms with E-state index >= 15 is 0 Å². The molecule has 30 heavy (non-hydrogen) atoms. The van der Waals surface area contributed by atoms with Crippen LogP contribution in [0.3, 0.4) is 0 Å². The van der Waals surface area contributed by atoms with Crippen LogP contribution >= 0.6 is 0 Å². The number of amides is 1. The Kier molecular flexibility index (Phi) is 8.69. The summed E-state index contributed by atoms with van der Waals surface area (Å²) in [7, 11) is -0.650. The van der Waals surface area contributed by atoms with Crippen LogP contribution in [0.15, 0.2) is 29.2 Å². The Balaban J connectivity index is 1.86. The van der Waals surface area contributed by atoms with Crippen LogP contribution in [0.4, 0.5) is 13.2 Å². The summed E-state index contributed by atoms with van der Waals surface area (Å²) >= 11 is 0. The molecule has 0 aromatic heterocycles. The fourth-order valence-corrected chi connectivity index (χ4v) is 5.04. The third-order valence-electron chi connectivity index (χ3n) is 5.33. The topological polar surface area (TPSA) is 69.7 Å². The van der Waals surface area contributed by atoms with Gasteiger partial charge in [0, 0.05) is 25.2 Å². The molecule has 170 valence electrons. The highest BCUT2D eigenvalue weighted by atomic mass is 32.2. The minimum absolute atomic E-state index is 0.00204. The van der Waals surface area contributed by atoms with E-state index < -0.39 is 28.7 Å². The standard InChI is InChI=1S/C20H30F3N3O3S/c1-25(15-20(21,22)23)14-6-13-24-19(27)16-9-11-18(12-10-16)30(28,29)26(2)17-7-4-3-5-8-17/h9-12,17H,3-8,13-15H2,1-2H3,(H,24,27). The summed E-state index contributed by atoms with van der Waals surface area (Å²) in [6, 6.07) is 5.74. The highest BCUT2D eigenvalue weighted by molar-refractivity contribution is 7.89. The predicted octanol–water partition coefficient (Wildman–Crippen LogP) is 3.25. The second kappa shape index (κ2) is 10.6. The minimum Gasteiger partial charge on any atom is -0.352 e. The largest absolute Gasteiger partial charge is 0.401 e. The molecule has 1 aromatic carbocycles. The molecule has 0 saturated heterocycles. The molecule has 0 radical (unpaired) electrons. The van der Waals surface area contributed by atoms with Crippen LogP contribution < -0.4 is 5.32 Å². The predicted molar refractivity (Wildman–Crippen MR) is 109 cm³/mol. The second-order valence-corrected chi connectivity index (χ2v) is 9.80. The lowest BCUT2D eigenvalue weighted by Crippen LogP contribution is -2.38. The van der Waals surface area contributed by atoms with Crippen molar-refractivity contribution in [2.75, 3.05) is 33.7 Å². The Morgan fingerprint density at radius 2 is 1.70 bits per heavy atom. The molecule has 0 atom stereocenters. The molecule has 1 saturated carbocycles. The maximum Gasteiger partial charge on any atom is 0.401 e.